The van der Waals surface area contributed by atoms with E-state index in [1.165, 1.54) is 32.1 Å². The second-order valence-corrected chi connectivity index (χ2v) is 5.76. The van der Waals surface area contributed by atoms with Crippen molar-refractivity contribution in [3.8, 4) is 0 Å². The molecule has 0 spiro atoms. The van der Waals surface area contributed by atoms with E-state index < -0.39 is 18.4 Å². The summed E-state index contributed by atoms with van der Waals surface area (Å²) in [4.78, 5) is 18.6. The molecule has 7 heteroatoms. The summed E-state index contributed by atoms with van der Waals surface area (Å²) in [6.45, 7) is 11.5. The zero-order valence-electron chi connectivity index (χ0n) is 15.9. The van der Waals surface area contributed by atoms with E-state index >= 15 is 0 Å². The fraction of sp³-hybridized carbons (Fsp3) is 0.800. The fourth-order valence-corrected chi connectivity index (χ4v) is 1.31. The van der Waals surface area contributed by atoms with Crippen LogP contribution in [0.3, 0.4) is 0 Å². The van der Waals surface area contributed by atoms with Gasteiger partial charge in [-0.25, -0.2) is 0 Å². The van der Waals surface area contributed by atoms with Crippen molar-refractivity contribution in [2.24, 2.45) is 5.41 Å². The quantitative estimate of drug-likeness (QED) is 0.196. The van der Waals surface area contributed by atoms with E-state index in [4.69, 9.17) is 0 Å². The van der Waals surface area contributed by atoms with E-state index in [-0.39, 0.29) is 122 Å². The SMILES string of the molecule is CCCCCC[C-](C)C(C)(C)C.O=C([O-])CC(=O)[O-].[K+].[K+].[Li+]. The van der Waals surface area contributed by atoms with Gasteiger partial charge in [0.2, 0.25) is 0 Å². The fourth-order valence-electron chi connectivity index (χ4n) is 1.31. The molecule has 0 atom stereocenters. The molecule has 114 valence electrons. The van der Waals surface area contributed by atoms with Crippen molar-refractivity contribution in [3.63, 3.8) is 0 Å². The van der Waals surface area contributed by atoms with Crippen LogP contribution in [0.2, 0.25) is 0 Å². The minimum atomic E-state index is -1.63. The molecule has 0 fully saturated rings. The molecule has 0 radical (unpaired) electrons. The van der Waals surface area contributed by atoms with Crippen molar-refractivity contribution in [1.29, 1.82) is 0 Å². The smallest absolute Gasteiger partial charge is 0.550 e. The van der Waals surface area contributed by atoms with Crippen LogP contribution in [-0.2, 0) is 9.59 Å². The Morgan fingerprint density at radius 3 is 1.59 bits per heavy atom. The van der Waals surface area contributed by atoms with Gasteiger partial charge in [-0.15, -0.1) is 0 Å². The van der Waals surface area contributed by atoms with Gasteiger partial charge in [-0.1, -0.05) is 53.4 Å². The van der Waals surface area contributed by atoms with E-state index in [1.54, 1.807) is 5.92 Å². The average Bonchev–Trinajstić information content (AvgIpc) is 2.21. The molecule has 0 rings (SSSR count). The van der Waals surface area contributed by atoms with Crippen molar-refractivity contribution in [3.05, 3.63) is 5.92 Å². The maximum absolute atomic E-state index is 9.28. The van der Waals surface area contributed by atoms with Crippen LogP contribution in [0.4, 0.5) is 0 Å². The molecule has 0 aliphatic carbocycles. The summed E-state index contributed by atoms with van der Waals surface area (Å²) < 4.78 is 0. The normalized spacial score (nSPS) is 9.36. The van der Waals surface area contributed by atoms with Gasteiger partial charge < -0.3 is 25.7 Å². The zero-order chi connectivity index (χ0) is 15.5. The minimum absolute atomic E-state index is 0. The maximum Gasteiger partial charge on any atom is 1.00 e. The number of hydrogen-bond donors (Lipinski definition) is 0. The summed E-state index contributed by atoms with van der Waals surface area (Å²) in [5.41, 5.74) is 0.423. The second-order valence-electron chi connectivity index (χ2n) is 5.76. The number of carbonyl (C=O) groups excluding carboxylic acids is 2. The van der Waals surface area contributed by atoms with E-state index in [0.717, 1.165) is 0 Å². The summed E-state index contributed by atoms with van der Waals surface area (Å²) in [6, 6.07) is 0. The maximum atomic E-state index is 9.28. The van der Waals surface area contributed by atoms with Crippen molar-refractivity contribution >= 4 is 11.9 Å². The van der Waals surface area contributed by atoms with Gasteiger partial charge in [-0.3, -0.25) is 0 Å². The second kappa shape index (κ2) is 21.9. The molecule has 0 saturated heterocycles. The Balaban J connectivity index is -0.0000000850. The van der Waals surface area contributed by atoms with Crippen LogP contribution in [0.5, 0.6) is 0 Å². The number of carbonyl (C=O) groups is 2. The summed E-state index contributed by atoms with van der Waals surface area (Å²) in [5.74, 6) is -1.60. The minimum Gasteiger partial charge on any atom is -0.550 e. The number of hydrogen-bond acceptors (Lipinski definition) is 4. The average molecular weight is 357 g/mol. The van der Waals surface area contributed by atoms with Crippen LogP contribution < -0.4 is 132 Å². The van der Waals surface area contributed by atoms with Crippen LogP contribution in [0.1, 0.15) is 73.1 Å². The Morgan fingerprint density at radius 2 is 1.36 bits per heavy atom. The first kappa shape index (κ1) is 35.8. The zero-order valence-corrected chi connectivity index (χ0v) is 22.1. The van der Waals surface area contributed by atoms with E-state index in [9.17, 15) is 19.8 Å². The molecule has 0 heterocycles. The third-order valence-corrected chi connectivity index (χ3v) is 2.97. The van der Waals surface area contributed by atoms with Crippen LogP contribution >= 0.6 is 0 Å². The van der Waals surface area contributed by atoms with Crippen LogP contribution in [-0.4, -0.2) is 11.9 Å². The van der Waals surface area contributed by atoms with Gasteiger partial charge in [0.1, 0.15) is 0 Å². The Kier molecular flexibility index (Phi) is 35.6. The van der Waals surface area contributed by atoms with Crippen molar-refractivity contribution in [1.82, 2.24) is 0 Å². The number of unbranched alkanes of at least 4 members (excludes halogenated alkanes) is 3. The molecule has 0 aromatic heterocycles. The van der Waals surface area contributed by atoms with Crippen molar-refractivity contribution in [2.75, 3.05) is 0 Å². The summed E-state index contributed by atoms with van der Waals surface area (Å²) in [5, 5.41) is 18.6. The molecule has 22 heavy (non-hydrogen) atoms. The van der Waals surface area contributed by atoms with Crippen LogP contribution in [0.15, 0.2) is 0 Å². The number of carboxylic acids is 2. The predicted molar refractivity (Wildman–Crippen MR) is 71.8 cm³/mol. The van der Waals surface area contributed by atoms with E-state index in [2.05, 4.69) is 34.6 Å². The largest absolute Gasteiger partial charge is 1.00 e. The molecular weight excluding hydrogens is 329 g/mol. The summed E-state index contributed by atoms with van der Waals surface area (Å²) >= 11 is 0. The Labute approximate surface area is 233 Å². The third-order valence-electron chi connectivity index (χ3n) is 2.97. The van der Waals surface area contributed by atoms with Gasteiger partial charge in [-0.2, -0.15) is 18.8 Å². The number of aliphatic carboxylic acids is 2. The Hall–Kier alpha value is 2.81. The van der Waals surface area contributed by atoms with Gasteiger partial charge in [0.15, 0.2) is 0 Å². The molecule has 0 bridgehead atoms. The van der Waals surface area contributed by atoms with Gasteiger partial charge >= 0.3 is 122 Å². The Bertz CT molecular complexity index is 257. The van der Waals surface area contributed by atoms with E-state index in [1.807, 2.05) is 0 Å². The van der Waals surface area contributed by atoms with Crippen molar-refractivity contribution in [2.45, 2.75) is 73.1 Å². The number of carboxylic acid groups (broad SMARTS) is 2. The van der Waals surface area contributed by atoms with E-state index in [0.29, 0.717) is 5.41 Å². The topological polar surface area (TPSA) is 80.3 Å². The first-order valence-electron chi connectivity index (χ1n) is 6.83. The first-order chi connectivity index (χ1) is 8.61. The standard InChI is InChI=1S/C12H25.C3H4O4.2K.Li/c1-6-7-8-9-10-11(2)12(3,4)5;4-2(5)1-3(6)7;;;/h6-10H2,1-5H3;1H2,(H,4,5)(H,6,7);;;/q-1;;3*+1/p-2. The van der Waals surface area contributed by atoms with Gasteiger partial charge in [-0.05, 0) is 0 Å². The molecule has 0 saturated carbocycles. The first-order valence-corrected chi connectivity index (χ1v) is 6.83. The molecule has 4 nitrogen and oxygen atoms in total. The molecule has 0 N–H and O–H groups in total. The number of rotatable bonds is 7. The predicted octanol–water partition coefficient (Wildman–Crippen LogP) is -7.51. The Morgan fingerprint density at radius 1 is 0.955 bits per heavy atom. The van der Waals surface area contributed by atoms with Gasteiger partial charge in [0.05, 0.1) is 0 Å². The van der Waals surface area contributed by atoms with Gasteiger partial charge in [0.25, 0.3) is 0 Å². The molecule has 0 aromatic rings. The van der Waals surface area contributed by atoms with Crippen LogP contribution in [0, 0.1) is 11.3 Å². The molecule has 0 aliphatic rings. The molecular formula is C15H27K2LiO4. The third kappa shape index (κ3) is 30.7. The molecule has 0 unspecified atom stereocenters. The monoisotopic (exact) mass is 356 g/mol. The summed E-state index contributed by atoms with van der Waals surface area (Å²) in [7, 11) is 0. The summed E-state index contributed by atoms with van der Waals surface area (Å²) in [6.07, 6.45) is 5.83. The molecule has 0 amide bonds. The molecule has 0 aliphatic heterocycles. The van der Waals surface area contributed by atoms with Crippen molar-refractivity contribution < 1.29 is 141 Å². The molecule has 0 aromatic carbocycles. The van der Waals surface area contributed by atoms with Crippen LogP contribution in [0.25, 0.3) is 0 Å². The van der Waals surface area contributed by atoms with Gasteiger partial charge in [0, 0.05) is 18.4 Å².